The molecule has 3 unspecified atom stereocenters. The van der Waals surface area contributed by atoms with Crippen LogP contribution in [-0.4, -0.2) is 25.0 Å². The van der Waals surface area contributed by atoms with Crippen LogP contribution in [0.2, 0.25) is 0 Å². The number of benzene rings is 1. The predicted molar refractivity (Wildman–Crippen MR) is 83.1 cm³/mol. The largest absolute Gasteiger partial charge is 0.416 e. The minimum Gasteiger partial charge on any atom is -0.352 e. The molecule has 1 heterocycles. The van der Waals surface area contributed by atoms with Gasteiger partial charge in [-0.1, -0.05) is 32.0 Å². The van der Waals surface area contributed by atoms with Gasteiger partial charge in [0.1, 0.15) is 0 Å². The van der Waals surface area contributed by atoms with E-state index in [1.54, 1.807) is 13.0 Å². The molecule has 6 heteroatoms. The van der Waals surface area contributed by atoms with Gasteiger partial charge in [-0.15, -0.1) is 0 Å². The highest BCUT2D eigenvalue weighted by molar-refractivity contribution is 5.77. The average Bonchev–Trinajstić information content (AvgIpc) is 2.49. The van der Waals surface area contributed by atoms with Gasteiger partial charge in [0.05, 0.1) is 5.56 Å². The van der Waals surface area contributed by atoms with Crippen molar-refractivity contribution >= 4 is 5.91 Å². The van der Waals surface area contributed by atoms with Gasteiger partial charge >= 0.3 is 6.18 Å². The Balaban J connectivity index is 1.95. The fraction of sp³-hybridized carbons (Fsp3) is 0.588. The lowest BCUT2D eigenvalue weighted by molar-refractivity contribution is -0.137. The van der Waals surface area contributed by atoms with Crippen LogP contribution in [0.4, 0.5) is 13.2 Å². The molecule has 3 atom stereocenters. The minimum absolute atomic E-state index is 0.0879. The van der Waals surface area contributed by atoms with Crippen LogP contribution in [0, 0.1) is 5.92 Å². The predicted octanol–water partition coefficient (Wildman–Crippen LogP) is 3.31. The van der Waals surface area contributed by atoms with E-state index in [0.29, 0.717) is 11.5 Å². The van der Waals surface area contributed by atoms with Gasteiger partial charge < -0.3 is 10.6 Å². The standard InChI is InChI=1S/C17H23F3N2O/c1-11-6-7-21-10-15(11)22-16(23)8-12(2)13-4-3-5-14(9-13)17(18,19)20/h3-5,9,11-12,15,21H,6-8,10H2,1-2H3,(H,22,23). The second-order valence-electron chi connectivity index (χ2n) is 6.37. The highest BCUT2D eigenvalue weighted by Gasteiger charge is 2.31. The number of carbonyl (C=O) groups excluding carboxylic acids is 1. The van der Waals surface area contributed by atoms with Crippen LogP contribution < -0.4 is 10.6 Å². The zero-order chi connectivity index (χ0) is 17.0. The molecule has 1 aliphatic rings. The maximum atomic E-state index is 12.8. The van der Waals surface area contributed by atoms with Crippen molar-refractivity contribution < 1.29 is 18.0 Å². The molecule has 0 aliphatic carbocycles. The molecule has 0 aromatic heterocycles. The minimum atomic E-state index is -4.36. The quantitative estimate of drug-likeness (QED) is 0.890. The lowest BCUT2D eigenvalue weighted by Crippen LogP contribution is -2.50. The molecule has 0 spiro atoms. The summed E-state index contributed by atoms with van der Waals surface area (Å²) in [5.41, 5.74) is -0.142. The Morgan fingerprint density at radius 3 is 2.83 bits per heavy atom. The Labute approximate surface area is 134 Å². The third-order valence-electron chi connectivity index (χ3n) is 4.45. The summed E-state index contributed by atoms with van der Waals surface area (Å²) in [4.78, 5) is 12.2. The van der Waals surface area contributed by atoms with Crippen molar-refractivity contribution in [1.82, 2.24) is 10.6 Å². The molecule has 0 saturated carbocycles. The fourth-order valence-corrected chi connectivity index (χ4v) is 2.87. The van der Waals surface area contributed by atoms with Gasteiger partial charge in [0, 0.05) is 19.0 Å². The molecule has 2 rings (SSSR count). The zero-order valence-corrected chi connectivity index (χ0v) is 13.4. The summed E-state index contributed by atoms with van der Waals surface area (Å²) >= 11 is 0. The molecule has 1 aliphatic heterocycles. The van der Waals surface area contributed by atoms with Gasteiger partial charge in [-0.25, -0.2) is 0 Å². The number of halogens is 3. The van der Waals surface area contributed by atoms with Crippen LogP contribution >= 0.6 is 0 Å². The zero-order valence-electron chi connectivity index (χ0n) is 13.4. The van der Waals surface area contributed by atoms with Crippen molar-refractivity contribution in [2.45, 2.75) is 44.8 Å². The third kappa shape index (κ3) is 4.96. The number of rotatable bonds is 4. The highest BCUT2D eigenvalue weighted by atomic mass is 19.4. The summed E-state index contributed by atoms with van der Waals surface area (Å²) in [5, 5.41) is 6.23. The van der Waals surface area contributed by atoms with Crippen molar-refractivity contribution in [3.63, 3.8) is 0 Å². The number of carbonyl (C=O) groups is 1. The Morgan fingerprint density at radius 1 is 1.43 bits per heavy atom. The monoisotopic (exact) mass is 328 g/mol. The molecule has 1 amide bonds. The Bertz CT molecular complexity index is 545. The maximum Gasteiger partial charge on any atom is 0.416 e. The van der Waals surface area contributed by atoms with E-state index in [4.69, 9.17) is 0 Å². The maximum absolute atomic E-state index is 12.8. The van der Waals surface area contributed by atoms with Crippen LogP contribution in [0.25, 0.3) is 0 Å². The molecule has 2 N–H and O–H groups in total. The third-order valence-corrected chi connectivity index (χ3v) is 4.45. The lowest BCUT2D eigenvalue weighted by Gasteiger charge is -2.30. The van der Waals surface area contributed by atoms with Crippen LogP contribution in [0.1, 0.15) is 43.7 Å². The Kier molecular flexibility index (Phi) is 5.68. The summed E-state index contributed by atoms with van der Waals surface area (Å²) < 4.78 is 38.3. The first-order chi connectivity index (χ1) is 10.8. The van der Waals surface area contributed by atoms with E-state index in [2.05, 4.69) is 17.6 Å². The van der Waals surface area contributed by atoms with Gasteiger partial charge in [-0.2, -0.15) is 13.2 Å². The summed E-state index contributed by atoms with van der Waals surface area (Å²) in [6.45, 7) is 5.57. The molecule has 1 aromatic rings. The topological polar surface area (TPSA) is 41.1 Å². The second kappa shape index (κ2) is 7.34. The first-order valence-electron chi connectivity index (χ1n) is 7.94. The van der Waals surface area contributed by atoms with E-state index in [0.717, 1.165) is 31.6 Å². The molecule has 1 aromatic carbocycles. The molecule has 1 saturated heterocycles. The molecule has 0 bridgehead atoms. The number of nitrogens with one attached hydrogen (secondary N) is 2. The summed E-state index contributed by atoms with van der Waals surface area (Å²) in [5.74, 6) is 0.0312. The molecular weight excluding hydrogens is 305 g/mol. The molecule has 0 radical (unpaired) electrons. The normalized spacial score (nSPS) is 23.3. The lowest BCUT2D eigenvalue weighted by atomic mass is 9.93. The number of amides is 1. The Morgan fingerprint density at radius 2 is 2.17 bits per heavy atom. The fourth-order valence-electron chi connectivity index (χ4n) is 2.87. The highest BCUT2D eigenvalue weighted by Crippen LogP contribution is 2.31. The molecule has 1 fully saturated rings. The van der Waals surface area contributed by atoms with Gasteiger partial charge in [-0.05, 0) is 36.4 Å². The van der Waals surface area contributed by atoms with E-state index in [1.165, 1.54) is 6.07 Å². The molecular formula is C17H23F3N2O. The van der Waals surface area contributed by atoms with Crippen molar-refractivity contribution in [2.75, 3.05) is 13.1 Å². The SMILES string of the molecule is CC(CC(=O)NC1CNCCC1C)c1cccc(C(F)(F)F)c1. The van der Waals surface area contributed by atoms with Crippen LogP contribution in [-0.2, 0) is 11.0 Å². The van der Waals surface area contributed by atoms with E-state index < -0.39 is 11.7 Å². The van der Waals surface area contributed by atoms with E-state index >= 15 is 0 Å². The van der Waals surface area contributed by atoms with E-state index in [9.17, 15) is 18.0 Å². The van der Waals surface area contributed by atoms with Crippen molar-refractivity contribution in [3.05, 3.63) is 35.4 Å². The van der Waals surface area contributed by atoms with Crippen LogP contribution in [0.15, 0.2) is 24.3 Å². The van der Waals surface area contributed by atoms with Gasteiger partial charge in [-0.3, -0.25) is 4.79 Å². The Hall–Kier alpha value is -1.56. The number of hydrogen-bond donors (Lipinski definition) is 2. The van der Waals surface area contributed by atoms with E-state index in [-0.39, 0.29) is 24.3 Å². The first-order valence-corrected chi connectivity index (χ1v) is 7.94. The molecule has 3 nitrogen and oxygen atoms in total. The van der Waals surface area contributed by atoms with Crippen molar-refractivity contribution in [1.29, 1.82) is 0 Å². The van der Waals surface area contributed by atoms with Gasteiger partial charge in [0.25, 0.3) is 0 Å². The number of hydrogen-bond acceptors (Lipinski definition) is 2. The van der Waals surface area contributed by atoms with Crippen molar-refractivity contribution in [3.8, 4) is 0 Å². The summed E-state index contributed by atoms with van der Waals surface area (Å²) in [6, 6.07) is 5.29. The smallest absolute Gasteiger partial charge is 0.352 e. The average molecular weight is 328 g/mol. The number of piperidine rings is 1. The first kappa shape index (κ1) is 17.8. The second-order valence-corrected chi connectivity index (χ2v) is 6.37. The summed E-state index contributed by atoms with van der Waals surface area (Å²) in [7, 11) is 0. The summed E-state index contributed by atoms with van der Waals surface area (Å²) in [6.07, 6.45) is -3.17. The van der Waals surface area contributed by atoms with E-state index in [1.807, 2.05) is 0 Å². The van der Waals surface area contributed by atoms with Gasteiger partial charge in [0.15, 0.2) is 0 Å². The number of alkyl halides is 3. The molecule has 128 valence electrons. The molecule has 23 heavy (non-hydrogen) atoms. The van der Waals surface area contributed by atoms with Gasteiger partial charge in [0.2, 0.25) is 5.91 Å². The van der Waals surface area contributed by atoms with Crippen molar-refractivity contribution in [2.24, 2.45) is 5.92 Å². The van der Waals surface area contributed by atoms with Crippen LogP contribution in [0.3, 0.4) is 0 Å². The van der Waals surface area contributed by atoms with Crippen LogP contribution in [0.5, 0.6) is 0 Å².